The number of nitrogens with two attached hydrogens (primary N) is 1. The summed E-state index contributed by atoms with van der Waals surface area (Å²) >= 11 is 0. The van der Waals surface area contributed by atoms with Gasteiger partial charge in [-0.1, -0.05) is 0 Å². The molecule has 88 valence electrons. The van der Waals surface area contributed by atoms with E-state index in [2.05, 4.69) is 0 Å². The van der Waals surface area contributed by atoms with Gasteiger partial charge in [0, 0.05) is 6.42 Å². The minimum Gasteiger partial charge on any atom is -0.502 e. The molecule has 1 aromatic carbocycles. The first-order chi connectivity index (χ1) is 7.52. The summed E-state index contributed by atoms with van der Waals surface area (Å²) in [6.45, 7) is 1.77. The van der Waals surface area contributed by atoms with Crippen LogP contribution in [0.1, 0.15) is 22.3 Å². The van der Waals surface area contributed by atoms with E-state index in [1.165, 1.54) is 13.2 Å². The molecule has 0 heterocycles. The third-order valence-corrected chi connectivity index (χ3v) is 2.25. The monoisotopic (exact) mass is 227 g/mol. The van der Waals surface area contributed by atoms with Crippen LogP contribution >= 0.6 is 0 Å². The van der Waals surface area contributed by atoms with Crippen LogP contribution in [-0.2, 0) is 0 Å². The highest BCUT2D eigenvalue weighted by atomic mass is 19.1. The Morgan fingerprint density at radius 3 is 2.75 bits per heavy atom. The quantitative estimate of drug-likeness (QED) is 0.762. The summed E-state index contributed by atoms with van der Waals surface area (Å²) in [7, 11) is 1.32. The van der Waals surface area contributed by atoms with Gasteiger partial charge in [0.05, 0.1) is 12.7 Å². The van der Waals surface area contributed by atoms with Crippen LogP contribution in [0, 0.1) is 12.7 Å². The minimum absolute atomic E-state index is 0.0433. The number of benzene rings is 1. The standard InChI is InChI=1S/C11H14FNO3/c1-6-5-7(8(14)3-4-13)9(12)10(15)11(6)16-2/h5,15H,3-4,13H2,1-2H3. The number of halogens is 1. The van der Waals surface area contributed by atoms with Crippen molar-refractivity contribution >= 4 is 5.78 Å². The molecule has 4 nitrogen and oxygen atoms in total. The van der Waals surface area contributed by atoms with Crippen molar-refractivity contribution in [3.63, 3.8) is 0 Å². The van der Waals surface area contributed by atoms with Gasteiger partial charge in [0.2, 0.25) is 0 Å². The second-order valence-electron chi connectivity index (χ2n) is 3.40. The number of methoxy groups -OCH3 is 1. The van der Waals surface area contributed by atoms with Crippen molar-refractivity contribution < 1.29 is 19.0 Å². The second kappa shape index (κ2) is 4.94. The van der Waals surface area contributed by atoms with E-state index in [9.17, 15) is 14.3 Å². The minimum atomic E-state index is -0.957. The van der Waals surface area contributed by atoms with Crippen LogP contribution in [0.15, 0.2) is 6.07 Å². The van der Waals surface area contributed by atoms with Crippen molar-refractivity contribution in [2.24, 2.45) is 5.73 Å². The molecule has 5 heteroatoms. The fourth-order valence-electron chi connectivity index (χ4n) is 1.49. The molecule has 0 saturated heterocycles. The molecule has 0 spiro atoms. The van der Waals surface area contributed by atoms with Crippen molar-refractivity contribution in [1.82, 2.24) is 0 Å². The number of carbonyl (C=O) groups excluding carboxylic acids is 1. The number of phenolic OH excluding ortho intramolecular Hbond substituents is 1. The van der Waals surface area contributed by atoms with Gasteiger partial charge in [-0.3, -0.25) is 4.79 Å². The Morgan fingerprint density at radius 1 is 1.62 bits per heavy atom. The fourth-order valence-corrected chi connectivity index (χ4v) is 1.49. The molecule has 0 aliphatic carbocycles. The SMILES string of the molecule is COc1c(C)cc(C(=O)CCN)c(F)c1O. The molecule has 3 N–H and O–H groups in total. The zero-order chi connectivity index (χ0) is 12.3. The Morgan fingerprint density at radius 2 is 2.25 bits per heavy atom. The van der Waals surface area contributed by atoms with Gasteiger partial charge in [0.1, 0.15) is 0 Å². The fraction of sp³-hybridized carbons (Fsp3) is 0.364. The number of aromatic hydroxyl groups is 1. The number of aryl methyl sites for hydroxylation is 1. The van der Waals surface area contributed by atoms with Crippen LogP contribution in [0.4, 0.5) is 4.39 Å². The van der Waals surface area contributed by atoms with Crippen molar-refractivity contribution in [2.75, 3.05) is 13.7 Å². The van der Waals surface area contributed by atoms with E-state index in [1.54, 1.807) is 6.92 Å². The van der Waals surface area contributed by atoms with Gasteiger partial charge in [-0.05, 0) is 25.1 Å². The second-order valence-corrected chi connectivity index (χ2v) is 3.40. The summed E-state index contributed by atoms with van der Waals surface area (Å²) < 4.78 is 18.4. The highest BCUT2D eigenvalue weighted by Gasteiger charge is 2.20. The maximum absolute atomic E-state index is 13.6. The normalized spacial score (nSPS) is 10.2. The van der Waals surface area contributed by atoms with Gasteiger partial charge in [-0.15, -0.1) is 0 Å². The van der Waals surface area contributed by atoms with Gasteiger partial charge >= 0.3 is 0 Å². The number of hydrogen-bond acceptors (Lipinski definition) is 4. The average molecular weight is 227 g/mol. The molecule has 1 aromatic rings. The van der Waals surface area contributed by atoms with E-state index in [1.807, 2.05) is 0 Å². The van der Waals surface area contributed by atoms with E-state index in [0.29, 0.717) is 5.56 Å². The molecule has 0 unspecified atom stereocenters. The molecule has 0 aliphatic heterocycles. The zero-order valence-electron chi connectivity index (χ0n) is 9.21. The molecule has 0 saturated carbocycles. The number of ketones is 1. The number of phenols is 1. The predicted molar refractivity (Wildman–Crippen MR) is 57.4 cm³/mol. The summed E-state index contributed by atoms with van der Waals surface area (Å²) in [5.41, 5.74) is 5.57. The zero-order valence-corrected chi connectivity index (χ0v) is 9.21. The Balaban J connectivity index is 3.28. The molecule has 0 fully saturated rings. The summed E-state index contributed by atoms with van der Waals surface area (Å²) in [6.07, 6.45) is 0.0438. The van der Waals surface area contributed by atoms with Crippen LogP contribution in [0.25, 0.3) is 0 Å². The number of ether oxygens (including phenoxy) is 1. The van der Waals surface area contributed by atoms with Crippen LogP contribution in [0.3, 0.4) is 0 Å². The van der Waals surface area contributed by atoms with E-state index >= 15 is 0 Å². The van der Waals surface area contributed by atoms with Crippen LogP contribution in [0.2, 0.25) is 0 Å². The smallest absolute Gasteiger partial charge is 0.195 e. The molecule has 0 atom stereocenters. The molecule has 0 bridgehead atoms. The lowest BCUT2D eigenvalue weighted by molar-refractivity contribution is 0.0980. The Bertz CT molecular complexity index is 418. The third-order valence-electron chi connectivity index (χ3n) is 2.25. The number of rotatable bonds is 4. The summed E-state index contributed by atoms with van der Waals surface area (Å²) in [5.74, 6) is -1.98. The Hall–Kier alpha value is -1.62. The number of hydrogen-bond donors (Lipinski definition) is 2. The molecule has 1 rings (SSSR count). The summed E-state index contributed by atoms with van der Waals surface area (Å²) in [5, 5.41) is 9.49. The van der Waals surface area contributed by atoms with Crippen molar-refractivity contribution in [1.29, 1.82) is 0 Å². The van der Waals surface area contributed by atoms with Crippen molar-refractivity contribution in [2.45, 2.75) is 13.3 Å². The predicted octanol–water partition coefficient (Wildman–Crippen LogP) is 1.38. The van der Waals surface area contributed by atoms with E-state index < -0.39 is 17.3 Å². The Kier molecular flexibility index (Phi) is 3.84. The average Bonchev–Trinajstić information content (AvgIpc) is 2.24. The maximum Gasteiger partial charge on any atom is 0.195 e. The van der Waals surface area contributed by atoms with Crippen molar-refractivity contribution in [3.05, 3.63) is 23.0 Å². The van der Waals surface area contributed by atoms with Gasteiger partial charge in [-0.25, -0.2) is 4.39 Å². The maximum atomic E-state index is 13.6. The van der Waals surface area contributed by atoms with Gasteiger partial charge in [0.25, 0.3) is 0 Å². The summed E-state index contributed by atoms with van der Waals surface area (Å²) in [6, 6.07) is 1.35. The molecule has 16 heavy (non-hydrogen) atoms. The Labute approximate surface area is 92.8 Å². The third kappa shape index (κ3) is 2.14. The first-order valence-corrected chi connectivity index (χ1v) is 4.82. The lowest BCUT2D eigenvalue weighted by atomic mass is 10.0. The summed E-state index contributed by atoms with van der Waals surface area (Å²) in [4.78, 5) is 11.5. The van der Waals surface area contributed by atoms with E-state index in [4.69, 9.17) is 10.5 Å². The lowest BCUT2D eigenvalue weighted by Crippen LogP contribution is -2.10. The first-order valence-electron chi connectivity index (χ1n) is 4.82. The lowest BCUT2D eigenvalue weighted by Gasteiger charge is -2.10. The highest BCUT2D eigenvalue weighted by Crippen LogP contribution is 2.34. The molecular weight excluding hydrogens is 213 g/mol. The van der Waals surface area contributed by atoms with Gasteiger partial charge in [-0.2, -0.15) is 0 Å². The topological polar surface area (TPSA) is 72.5 Å². The van der Waals surface area contributed by atoms with Crippen LogP contribution in [-0.4, -0.2) is 24.5 Å². The molecule has 0 aromatic heterocycles. The van der Waals surface area contributed by atoms with Crippen LogP contribution < -0.4 is 10.5 Å². The van der Waals surface area contributed by atoms with E-state index in [-0.39, 0.29) is 24.3 Å². The number of Topliss-reactive ketones (excluding diaryl/α,β-unsaturated/α-hetero) is 1. The molecule has 0 amide bonds. The molecular formula is C11H14FNO3. The number of carbonyl (C=O) groups is 1. The molecule has 0 aliphatic rings. The van der Waals surface area contributed by atoms with Gasteiger partial charge < -0.3 is 15.6 Å². The largest absolute Gasteiger partial charge is 0.502 e. The van der Waals surface area contributed by atoms with Crippen molar-refractivity contribution in [3.8, 4) is 11.5 Å². The van der Waals surface area contributed by atoms with Crippen LogP contribution in [0.5, 0.6) is 11.5 Å². The highest BCUT2D eigenvalue weighted by molar-refractivity contribution is 5.97. The first kappa shape index (κ1) is 12.4. The van der Waals surface area contributed by atoms with E-state index in [0.717, 1.165) is 0 Å². The van der Waals surface area contributed by atoms with Gasteiger partial charge in [0.15, 0.2) is 23.1 Å². The molecule has 0 radical (unpaired) electrons.